The fraction of sp³-hybridized carbons (Fsp3) is 0.364. The predicted octanol–water partition coefficient (Wildman–Crippen LogP) is 2.14. The van der Waals surface area contributed by atoms with Crippen LogP contribution in [0.25, 0.3) is 0 Å². The number of carbonyl (C=O) groups excluding carboxylic acids is 2. The first-order valence-corrected chi connectivity index (χ1v) is 9.80. The summed E-state index contributed by atoms with van der Waals surface area (Å²) in [5.41, 5.74) is 1.01. The quantitative estimate of drug-likeness (QED) is 0.595. The lowest BCUT2D eigenvalue weighted by atomic mass is 10.1. The fourth-order valence-corrected chi connectivity index (χ4v) is 2.77. The summed E-state index contributed by atoms with van der Waals surface area (Å²) in [5.74, 6) is 1.69. The molecule has 0 bridgehead atoms. The summed E-state index contributed by atoms with van der Waals surface area (Å²) in [4.78, 5) is 23.6. The van der Waals surface area contributed by atoms with Gasteiger partial charge in [-0.1, -0.05) is 6.07 Å². The summed E-state index contributed by atoms with van der Waals surface area (Å²) in [6.07, 6.45) is 0.622. The van der Waals surface area contributed by atoms with Gasteiger partial charge in [-0.05, 0) is 55.3 Å². The van der Waals surface area contributed by atoms with Gasteiger partial charge >= 0.3 is 5.97 Å². The lowest BCUT2D eigenvalue weighted by Crippen LogP contribution is -2.31. The number of ether oxygens (including phenoxy) is 5. The summed E-state index contributed by atoms with van der Waals surface area (Å²) in [7, 11) is 0. The van der Waals surface area contributed by atoms with Crippen molar-refractivity contribution in [3.05, 3.63) is 48.0 Å². The summed E-state index contributed by atoms with van der Waals surface area (Å²) < 4.78 is 26.6. The predicted molar refractivity (Wildman–Crippen MR) is 108 cm³/mol. The van der Waals surface area contributed by atoms with Gasteiger partial charge in [-0.2, -0.15) is 0 Å². The zero-order valence-electron chi connectivity index (χ0n) is 16.8. The van der Waals surface area contributed by atoms with E-state index in [2.05, 4.69) is 5.32 Å². The van der Waals surface area contributed by atoms with E-state index < -0.39 is 5.97 Å². The number of carbonyl (C=O) groups is 2. The first-order chi connectivity index (χ1) is 14.6. The Morgan fingerprint density at radius 2 is 1.63 bits per heavy atom. The molecule has 8 nitrogen and oxygen atoms in total. The van der Waals surface area contributed by atoms with Crippen molar-refractivity contribution in [2.45, 2.75) is 13.3 Å². The minimum Gasteiger partial charge on any atom is -0.494 e. The highest BCUT2D eigenvalue weighted by Crippen LogP contribution is 2.30. The van der Waals surface area contributed by atoms with E-state index in [0.29, 0.717) is 44.3 Å². The van der Waals surface area contributed by atoms with Gasteiger partial charge < -0.3 is 29.0 Å². The van der Waals surface area contributed by atoms with Crippen molar-refractivity contribution in [2.75, 3.05) is 39.6 Å². The summed E-state index contributed by atoms with van der Waals surface area (Å²) in [6, 6.07) is 12.6. The Hall–Kier alpha value is -3.42. The third kappa shape index (κ3) is 6.58. The van der Waals surface area contributed by atoms with Gasteiger partial charge in [0.15, 0.2) is 24.7 Å². The van der Waals surface area contributed by atoms with Crippen molar-refractivity contribution in [1.82, 2.24) is 5.32 Å². The summed E-state index contributed by atoms with van der Waals surface area (Å²) >= 11 is 0. The van der Waals surface area contributed by atoms with Crippen LogP contribution in [0.3, 0.4) is 0 Å². The average Bonchev–Trinajstić information content (AvgIpc) is 2.77. The van der Waals surface area contributed by atoms with Gasteiger partial charge in [0, 0.05) is 6.54 Å². The molecule has 0 spiro atoms. The second-order valence-corrected chi connectivity index (χ2v) is 6.43. The molecule has 0 atom stereocenters. The molecule has 3 rings (SSSR count). The van der Waals surface area contributed by atoms with Gasteiger partial charge in [-0.15, -0.1) is 0 Å². The Morgan fingerprint density at radius 1 is 0.933 bits per heavy atom. The maximum absolute atomic E-state index is 11.9. The number of esters is 1. The zero-order chi connectivity index (χ0) is 21.2. The summed E-state index contributed by atoms with van der Waals surface area (Å²) in [6.45, 7) is 3.33. The molecule has 0 saturated heterocycles. The molecule has 30 heavy (non-hydrogen) atoms. The van der Waals surface area contributed by atoms with Crippen molar-refractivity contribution >= 4 is 11.9 Å². The second kappa shape index (κ2) is 10.9. The molecule has 2 aromatic rings. The van der Waals surface area contributed by atoms with Crippen LogP contribution >= 0.6 is 0 Å². The van der Waals surface area contributed by atoms with E-state index in [-0.39, 0.29) is 19.1 Å². The molecular formula is C22H25NO7. The Morgan fingerprint density at radius 3 is 2.37 bits per heavy atom. The molecule has 1 amide bonds. The molecule has 1 heterocycles. The topological polar surface area (TPSA) is 92.3 Å². The lowest BCUT2D eigenvalue weighted by Gasteiger charge is -2.18. The molecule has 0 saturated carbocycles. The first-order valence-electron chi connectivity index (χ1n) is 9.80. The molecule has 2 aromatic carbocycles. The highest BCUT2D eigenvalue weighted by Gasteiger charge is 2.12. The number of benzene rings is 2. The summed E-state index contributed by atoms with van der Waals surface area (Å²) in [5, 5.41) is 2.72. The van der Waals surface area contributed by atoms with Crippen LogP contribution in [-0.2, 0) is 20.7 Å². The van der Waals surface area contributed by atoms with E-state index in [4.69, 9.17) is 23.7 Å². The van der Waals surface area contributed by atoms with Crippen LogP contribution in [0, 0.1) is 0 Å². The van der Waals surface area contributed by atoms with Gasteiger partial charge in [-0.3, -0.25) is 4.79 Å². The molecule has 1 aliphatic rings. The van der Waals surface area contributed by atoms with Crippen LogP contribution < -0.4 is 24.3 Å². The minimum absolute atomic E-state index is 0.279. The molecule has 8 heteroatoms. The molecule has 1 aliphatic heterocycles. The zero-order valence-corrected chi connectivity index (χ0v) is 16.8. The Balaban J connectivity index is 1.31. The Kier molecular flexibility index (Phi) is 7.77. The van der Waals surface area contributed by atoms with E-state index in [1.807, 2.05) is 25.1 Å². The van der Waals surface area contributed by atoms with Crippen molar-refractivity contribution in [1.29, 1.82) is 0 Å². The number of amides is 1. The highest BCUT2D eigenvalue weighted by molar-refractivity contribution is 5.80. The van der Waals surface area contributed by atoms with Gasteiger partial charge in [-0.25, -0.2) is 4.79 Å². The SMILES string of the molecule is CCOc1ccc(OCC(=O)OCC(=O)NCCc2ccc3c(c2)OCCO3)cc1. The number of hydrogen-bond acceptors (Lipinski definition) is 7. The van der Waals surface area contributed by atoms with Crippen molar-refractivity contribution in [2.24, 2.45) is 0 Å². The van der Waals surface area contributed by atoms with Crippen LogP contribution in [0.1, 0.15) is 12.5 Å². The highest BCUT2D eigenvalue weighted by atomic mass is 16.6. The smallest absolute Gasteiger partial charge is 0.344 e. The van der Waals surface area contributed by atoms with Gasteiger partial charge in [0.25, 0.3) is 5.91 Å². The molecule has 0 unspecified atom stereocenters. The molecule has 0 aromatic heterocycles. The van der Waals surface area contributed by atoms with E-state index in [1.54, 1.807) is 24.3 Å². The van der Waals surface area contributed by atoms with Gasteiger partial charge in [0.2, 0.25) is 0 Å². The normalized spacial score (nSPS) is 12.0. The Bertz CT molecular complexity index is 851. The van der Waals surface area contributed by atoms with E-state index in [9.17, 15) is 9.59 Å². The molecule has 0 radical (unpaired) electrons. The van der Waals surface area contributed by atoms with Crippen LogP contribution in [0.2, 0.25) is 0 Å². The maximum atomic E-state index is 11.9. The van der Waals surface area contributed by atoms with Crippen LogP contribution in [0.15, 0.2) is 42.5 Å². The van der Waals surface area contributed by atoms with Crippen molar-refractivity contribution in [3.63, 3.8) is 0 Å². The van der Waals surface area contributed by atoms with E-state index >= 15 is 0 Å². The largest absolute Gasteiger partial charge is 0.494 e. The Labute approximate surface area is 175 Å². The average molecular weight is 415 g/mol. The lowest BCUT2D eigenvalue weighted by molar-refractivity contribution is -0.150. The van der Waals surface area contributed by atoms with Crippen LogP contribution in [0.4, 0.5) is 0 Å². The van der Waals surface area contributed by atoms with Crippen LogP contribution in [0.5, 0.6) is 23.0 Å². The molecular weight excluding hydrogens is 390 g/mol. The molecule has 1 N–H and O–H groups in total. The number of rotatable bonds is 10. The number of nitrogens with one attached hydrogen (secondary N) is 1. The number of fused-ring (bicyclic) bond motifs is 1. The van der Waals surface area contributed by atoms with Crippen molar-refractivity contribution in [3.8, 4) is 23.0 Å². The second-order valence-electron chi connectivity index (χ2n) is 6.43. The van der Waals surface area contributed by atoms with E-state index in [0.717, 1.165) is 17.1 Å². The van der Waals surface area contributed by atoms with Gasteiger partial charge in [0.1, 0.15) is 24.7 Å². The number of hydrogen-bond donors (Lipinski definition) is 1. The van der Waals surface area contributed by atoms with Gasteiger partial charge in [0.05, 0.1) is 6.61 Å². The standard InChI is InChI=1S/C22H25NO7/c1-2-26-17-4-6-18(7-5-17)29-15-22(25)30-14-21(24)23-10-9-16-3-8-19-20(13-16)28-12-11-27-19/h3-8,13H,2,9-12,14-15H2,1H3,(H,23,24). The van der Waals surface area contributed by atoms with Crippen molar-refractivity contribution < 1.29 is 33.3 Å². The van der Waals surface area contributed by atoms with Crippen LogP contribution in [-0.4, -0.2) is 51.5 Å². The molecule has 0 fully saturated rings. The third-order valence-corrected chi connectivity index (χ3v) is 4.20. The maximum Gasteiger partial charge on any atom is 0.344 e. The molecule has 0 aliphatic carbocycles. The fourth-order valence-electron chi connectivity index (χ4n) is 2.77. The first kappa shape index (κ1) is 21.3. The third-order valence-electron chi connectivity index (χ3n) is 4.20. The van der Waals surface area contributed by atoms with E-state index in [1.165, 1.54) is 0 Å². The minimum atomic E-state index is -0.620. The molecule has 160 valence electrons. The monoisotopic (exact) mass is 415 g/mol.